The molecule has 1 unspecified atom stereocenters. The van der Waals surface area contributed by atoms with Crippen molar-refractivity contribution in [3.05, 3.63) is 29.3 Å². The molecular weight excluding hydrogens is 272 g/mol. The fourth-order valence-electron chi connectivity index (χ4n) is 2.21. The molecule has 0 aliphatic rings. The molecule has 0 radical (unpaired) electrons. The molecule has 0 saturated heterocycles. The minimum Gasteiger partial charge on any atom is -0.371 e. The van der Waals surface area contributed by atoms with Crippen LogP contribution in [0.2, 0.25) is 5.02 Å². The van der Waals surface area contributed by atoms with Crippen LogP contribution in [0.1, 0.15) is 52.4 Å². The van der Waals surface area contributed by atoms with Gasteiger partial charge in [-0.1, -0.05) is 56.7 Å². The molecule has 0 heterocycles. The largest absolute Gasteiger partial charge is 0.371 e. The van der Waals surface area contributed by atoms with Crippen molar-refractivity contribution in [2.24, 2.45) is 5.73 Å². The topological polar surface area (TPSA) is 55.1 Å². The zero-order valence-electron chi connectivity index (χ0n) is 12.4. The zero-order chi connectivity index (χ0) is 15.0. The summed E-state index contributed by atoms with van der Waals surface area (Å²) in [6, 6.07) is 7.36. The lowest BCUT2D eigenvalue weighted by atomic mass is 9.92. The van der Waals surface area contributed by atoms with Crippen molar-refractivity contribution in [3.63, 3.8) is 0 Å². The van der Waals surface area contributed by atoms with E-state index in [0.717, 1.165) is 24.9 Å². The van der Waals surface area contributed by atoms with Crippen molar-refractivity contribution >= 4 is 23.2 Å². The number of benzene rings is 1. The highest BCUT2D eigenvalue weighted by Gasteiger charge is 2.30. The first-order chi connectivity index (χ1) is 9.48. The Labute approximate surface area is 126 Å². The van der Waals surface area contributed by atoms with Gasteiger partial charge in [0.1, 0.15) is 5.54 Å². The summed E-state index contributed by atoms with van der Waals surface area (Å²) in [5, 5.41) is 3.87. The molecule has 0 aromatic heterocycles. The van der Waals surface area contributed by atoms with E-state index in [4.69, 9.17) is 17.3 Å². The quantitative estimate of drug-likeness (QED) is 0.665. The van der Waals surface area contributed by atoms with Gasteiger partial charge in [0.15, 0.2) is 0 Å². The predicted molar refractivity (Wildman–Crippen MR) is 86.1 cm³/mol. The number of hydrogen-bond acceptors (Lipinski definition) is 2. The third-order valence-electron chi connectivity index (χ3n) is 3.57. The van der Waals surface area contributed by atoms with Gasteiger partial charge in [-0.05, 0) is 31.5 Å². The third kappa shape index (κ3) is 5.41. The summed E-state index contributed by atoms with van der Waals surface area (Å²) < 4.78 is 0. The fraction of sp³-hybridized carbons (Fsp3) is 0.562. The molecule has 20 heavy (non-hydrogen) atoms. The number of rotatable bonds is 9. The number of halogens is 1. The van der Waals surface area contributed by atoms with Gasteiger partial charge in [0.2, 0.25) is 5.91 Å². The van der Waals surface area contributed by atoms with Crippen molar-refractivity contribution in [1.29, 1.82) is 0 Å². The summed E-state index contributed by atoms with van der Waals surface area (Å²) >= 11 is 5.96. The van der Waals surface area contributed by atoms with Gasteiger partial charge in [-0.15, -0.1) is 0 Å². The Kier molecular flexibility index (Phi) is 6.86. The van der Waals surface area contributed by atoms with Crippen LogP contribution in [-0.4, -0.2) is 11.4 Å². The molecule has 0 fully saturated rings. The first kappa shape index (κ1) is 16.8. The van der Waals surface area contributed by atoms with Crippen LogP contribution in [0.5, 0.6) is 0 Å². The van der Waals surface area contributed by atoms with E-state index in [1.54, 1.807) is 12.1 Å². The average molecular weight is 297 g/mol. The Morgan fingerprint density at radius 1 is 1.30 bits per heavy atom. The van der Waals surface area contributed by atoms with Crippen molar-refractivity contribution in [3.8, 4) is 0 Å². The number of anilines is 1. The number of carbonyl (C=O) groups excluding carboxylic acids is 1. The van der Waals surface area contributed by atoms with Gasteiger partial charge in [-0.25, -0.2) is 0 Å². The monoisotopic (exact) mass is 296 g/mol. The van der Waals surface area contributed by atoms with Crippen molar-refractivity contribution in [2.75, 3.05) is 5.32 Å². The second-order valence-corrected chi connectivity index (χ2v) is 5.93. The van der Waals surface area contributed by atoms with Gasteiger partial charge < -0.3 is 11.1 Å². The first-order valence-corrected chi connectivity index (χ1v) is 7.69. The normalized spacial score (nSPS) is 13.8. The Morgan fingerprint density at radius 2 is 2.00 bits per heavy atom. The van der Waals surface area contributed by atoms with Crippen LogP contribution in [0.25, 0.3) is 0 Å². The Balaban J connectivity index is 2.60. The summed E-state index contributed by atoms with van der Waals surface area (Å²) in [5.74, 6) is -0.326. The highest BCUT2D eigenvalue weighted by atomic mass is 35.5. The van der Waals surface area contributed by atoms with Gasteiger partial charge >= 0.3 is 0 Å². The minimum atomic E-state index is -0.725. The number of primary amides is 1. The lowest BCUT2D eigenvalue weighted by Gasteiger charge is -2.28. The molecule has 0 bridgehead atoms. The molecule has 1 aromatic carbocycles. The summed E-state index contributed by atoms with van der Waals surface area (Å²) in [4.78, 5) is 11.8. The van der Waals surface area contributed by atoms with Crippen molar-refractivity contribution < 1.29 is 4.79 Å². The molecule has 3 nitrogen and oxygen atoms in total. The van der Waals surface area contributed by atoms with Crippen LogP contribution < -0.4 is 11.1 Å². The molecule has 0 aliphatic heterocycles. The lowest BCUT2D eigenvalue weighted by Crippen LogP contribution is -2.47. The minimum absolute atomic E-state index is 0.326. The zero-order valence-corrected chi connectivity index (χ0v) is 13.2. The van der Waals surface area contributed by atoms with Crippen LogP contribution >= 0.6 is 11.6 Å². The van der Waals surface area contributed by atoms with Crippen LogP contribution in [-0.2, 0) is 4.79 Å². The number of carbonyl (C=O) groups is 1. The Hall–Kier alpha value is -1.22. The van der Waals surface area contributed by atoms with Crippen LogP contribution in [0.4, 0.5) is 5.69 Å². The van der Waals surface area contributed by atoms with E-state index in [2.05, 4.69) is 12.2 Å². The van der Waals surface area contributed by atoms with E-state index < -0.39 is 5.54 Å². The van der Waals surface area contributed by atoms with Crippen LogP contribution in [0.15, 0.2) is 24.3 Å². The van der Waals surface area contributed by atoms with Crippen LogP contribution in [0.3, 0.4) is 0 Å². The second-order valence-electron chi connectivity index (χ2n) is 5.50. The number of hydrogen-bond donors (Lipinski definition) is 2. The number of nitrogens with one attached hydrogen (secondary N) is 1. The summed E-state index contributed by atoms with van der Waals surface area (Å²) in [6.07, 6.45) is 6.53. The molecular formula is C16H25ClN2O. The molecule has 1 atom stereocenters. The fourth-order valence-corrected chi connectivity index (χ4v) is 2.40. The van der Waals surface area contributed by atoms with Gasteiger partial charge in [0, 0.05) is 10.7 Å². The summed E-state index contributed by atoms with van der Waals surface area (Å²) in [7, 11) is 0. The first-order valence-electron chi connectivity index (χ1n) is 7.31. The Bertz CT molecular complexity index is 436. The molecule has 1 aromatic rings. The Morgan fingerprint density at radius 3 is 2.60 bits per heavy atom. The van der Waals surface area contributed by atoms with Gasteiger partial charge in [0.25, 0.3) is 0 Å². The number of amides is 1. The molecule has 0 aliphatic carbocycles. The molecule has 3 N–H and O–H groups in total. The van der Waals surface area contributed by atoms with Gasteiger partial charge in [0.05, 0.1) is 0 Å². The lowest BCUT2D eigenvalue weighted by molar-refractivity contribution is -0.122. The van der Waals surface area contributed by atoms with E-state index in [0.29, 0.717) is 5.02 Å². The predicted octanol–water partition coefficient (Wildman–Crippen LogP) is 4.36. The van der Waals surface area contributed by atoms with E-state index in [1.807, 2.05) is 19.1 Å². The van der Waals surface area contributed by atoms with Gasteiger partial charge in [-0.3, -0.25) is 4.79 Å². The van der Waals surface area contributed by atoms with E-state index in [9.17, 15) is 4.79 Å². The van der Waals surface area contributed by atoms with E-state index in [1.165, 1.54) is 19.3 Å². The molecule has 112 valence electrons. The molecule has 1 rings (SSSR count). The maximum absolute atomic E-state index is 11.8. The maximum atomic E-state index is 11.8. The highest BCUT2D eigenvalue weighted by molar-refractivity contribution is 6.30. The molecule has 4 heteroatoms. The smallest absolute Gasteiger partial charge is 0.242 e. The van der Waals surface area contributed by atoms with Gasteiger partial charge in [-0.2, -0.15) is 0 Å². The SMILES string of the molecule is CCCCCCCC(C)(Nc1cccc(Cl)c1)C(N)=O. The number of nitrogens with two attached hydrogens (primary N) is 1. The summed E-state index contributed by atoms with van der Waals surface area (Å²) in [5.41, 5.74) is 5.66. The van der Waals surface area contributed by atoms with Crippen LogP contribution in [0, 0.1) is 0 Å². The van der Waals surface area contributed by atoms with E-state index >= 15 is 0 Å². The molecule has 1 amide bonds. The molecule has 0 saturated carbocycles. The van der Waals surface area contributed by atoms with E-state index in [-0.39, 0.29) is 5.91 Å². The number of unbranched alkanes of at least 4 members (excludes halogenated alkanes) is 4. The summed E-state index contributed by atoms with van der Waals surface area (Å²) in [6.45, 7) is 4.05. The van der Waals surface area contributed by atoms with Crippen molar-refractivity contribution in [1.82, 2.24) is 0 Å². The van der Waals surface area contributed by atoms with Crippen molar-refractivity contribution in [2.45, 2.75) is 57.9 Å². The standard InChI is InChI=1S/C16H25ClN2O/c1-3-4-5-6-7-11-16(2,15(18)20)19-14-10-8-9-13(17)12-14/h8-10,12,19H,3-7,11H2,1-2H3,(H2,18,20). The second kappa shape index (κ2) is 8.15. The molecule has 0 spiro atoms. The maximum Gasteiger partial charge on any atom is 0.242 e. The third-order valence-corrected chi connectivity index (χ3v) is 3.80. The average Bonchev–Trinajstić information content (AvgIpc) is 2.38. The highest BCUT2D eigenvalue weighted by Crippen LogP contribution is 2.23.